The molecule has 2 N–H and O–H groups in total. The summed E-state index contributed by atoms with van der Waals surface area (Å²) < 4.78 is 0. The Labute approximate surface area is 84.7 Å². The highest BCUT2D eigenvalue weighted by atomic mass is 16.4. The van der Waals surface area contributed by atoms with Crippen molar-refractivity contribution in [2.45, 2.75) is 46.1 Å². The third-order valence-electron chi connectivity index (χ3n) is 2.00. The van der Waals surface area contributed by atoms with Crippen molar-refractivity contribution in [3.63, 3.8) is 0 Å². The second kappa shape index (κ2) is 6.40. The normalized spacial score (nSPS) is 12.6. The molecule has 0 heterocycles. The molecule has 0 radical (unpaired) electrons. The van der Waals surface area contributed by atoms with Crippen molar-refractivity contribution in [3.05, 3.63) is 0 Å². The van der Waals surface area contributed by atoms with E-state index in [1.54, 1.807) is 0 Å². The van der Waals surface area contributed by atoms with Crippen LogP contribution in [-0.2, 0) is 9.59 Å². The van der Waals surface area contributed by atoms with Crippen LogP contribution in [0.2, 0.25) is 0 Å². The van der Waals surface area contributed by atoms with Crippen LogP contribution in [0.4, 0.5) is 0 Å². The zero-order valence-corrected chi connectivity index (χ0v) is 9.04. The molecule has 4 heteroatoms. The summed E-state index contributed by atoms with van der Waals surface area (Å²) >= 11 is 0. The average molecular weight is 201 g/mol. The number of hydrogen-bond donors (Lipinski definition) is 2. The highest BCUT2D eigenvalue weighted by Crippen LogP contribution is 2.11. The number of carbonyl (C=O) groups is 2. The highest BCUT2D eigenvalue weighted by molar-refractivity contribution is 5.79. The summed E-state index contributed by atoms with van der Waals surface area (Å²) in [7, 11) is 0. The molecular formula is C10H19NO3. The Morgan fingerprint density at radius 2 is 1.93 bits per heavy atom. The molecule has 0 aliphatic rings. The van der Waals surface area contributed by atoms with E-state index < -0.39 is 5.97 Å². The minimum atomic E-state index is -0.846. The monoisotopic (exact) mass is 201 g/mol. The lowest BCUT2D eigenvalue weighted by atomic mass is 9.99. The second-order valence-electron chi connectivity index (χ2n) is 3.70. The smallest absolute Gasteiger partial charge is 0.303 e. The predicted octanol–water partition coefficient (Wildman–Crippen LogP) is 1.40. The number of rotatable bonds is 6. The summed E-state index contributed by atoms with van der Waals surface area (Å²) in [5, 5.41) is 11.3. The molecule has 0 spiro atoms. The maximum Gasteiger partial charge on any atom is 0.303 e. The van der Waals surface area contributed by atoms with Crippen LogP contribution < -0.4 is 5.32 Å². The summed E-state index contributed by atoms with van der Waals surface area (Å²) in [6.07, 6.45) is 1.17. The first kappa shape index (κ1) is 12.9. The average Bonchev–Trinajstić information content (AvgIpc) is 2.03. The lowest BCUT2D eigenvalue weighted by Gasteiger charge is -2.15. The summed E-state index contributed by atoms with van der Waals surface area (Å²) in [4.78, 5) is 21.8. The van der Waals surface area contributed by atoms with Gasteiger partial charge in [-0.2, -0.15) is 0 Å². The van der Waals surface area contributed by atoms with Gasteiger partial charge in [0.2, 0.25) is 5.91 Å². The molecule has 82 valence electrons. The van der Waals surface area contributed by atoms with Gasteiger partial charge in [0, 0.05) is 18.4 Å². The fraction of sp³-hybridized carbons (Fsp3) is 0.800. The third-order valence-corrected chi connectivity index (χ3v) is 2.00. The number of amides is 1. The van der Waals surface area contributed by atoms with Gasteiger partial charge in [0.15, 0.2) is 0 Å². The zero-order chi connectivity index (χ0) is 11.1. The van der Waals surface area contributed by atoms with E-state index in [1.165, 1.54) is 0 Å². The molecule has 0 aromatic carbocycles. The Kier molecular flexibility index (Phi) is 5.92. The van der Waals surface area contributed by atoms with Crippen molar-refractivity contribution in [1.29, 1.82) is 0 Å². The van der Waals surface area contributed by atoms with Crippen LogP contribution in [0.3, 0.4) is 0 Å². The quantitative estimate of drug-likeness (QED) is 0.682. The van der Waals surface area contributed by atoms with Crippen LogP contribution >= 0.6 is 0 Å². The molecule has 0 bridgehead atoms. The summed E-state index contributed by atoms with van der Waals surface area (Å²) in [5.41, 5.74) is 0. The number of nitrogens with one attached hydrogen (secondary N) is 1. The van der Waals surface area contributed by atoms with Crippen LogP contribution in [0.1, 0.15) is 40.0 Å². The summed E-state index contributed by atoms with van der Waals surface area (Å²) in [6, 6.07) is 0.112. The lowest BCUT2D eigenvalue weighted by molar-refractivity contribution is -0.137. The molecule has 1 amide bonds. The van der Waals surface area contributed by atoms with E-state index in [-0.39, 0.29) is 24.3 Å². The Balaban J connectivity index is 3.99. The lowest BCUT2D eigenvalue weighted by Crippen LogP contribution is -2.35. The van der Waals surface area contributed by atoms with E-state index >= 15 is 0 Å². The van der Waals surface area contributed by atoms with E-state index in [9.17, 15) is 9.59 Å². The number of carbonyl (C=O) groups excluding carboxylic acids is 1. The standard InChI is InChI=1S/C10H19NO3/c1-4-8(5-6-9(12)13)10(14)11-7(2)3/h7-8H,4-6H2,1-3H3,(H,11,14)(H,12,13). The fourth-order valence-corrected chi connectivity index (χ4v) is 1.22. The number of carboxylic acids is 1. The van der Waals surface area contributed by atoms with E-state index in [0.29, 0.717) is 12.8 Å². The number of hydrogen-bond acceptors (Lipinski definition) is 2. The first-order chi connectivity index (χ1) is 6.47. The SMILES string of the molecule is CCC(CCC(=O)O)C(=O)NC(C)C. The predicted molar refractivity (Wildman–Crippen MR) is 53.9 cm³/mol. The molecule has 14 heavy (non-hydrogen) atoms. The molecule has 0 rings (SSSR count). The Hall–Kier alpha value is -1.06. The Bertz CT molecular complexity index is 202. The molecule has 0 aromatic heterocycles. The van der Waals surface area contributed by atoms with E-state index in [4.69, 9.17) is 5.11 Å². The highest BCUT2D eigenvalue weighted by Gasteiger charge is 2.17. The first-order valence-corrected chi connectivity index (χ1v) is 4.99. The fourth-order valence-electron chi connectivity index (χ4n) is 1.22. The van der Waals surface area contributed by atoms with Gasteiger partial charge in [-0.15, -0.1) is 0 Å². The van der Waals surface area contributed by atoms with E-state index in [0.717, 1.165) is 0 Å². The molecule has 0 aliphatic heterocycles. The molecule has 1 atom stereocenters. The van der Waals surface area contributed by atoms with E-state index in [2.05, 4.69) is 5.32 Å². The van der Waals surface area contributed by atoms with Crippen molar-refractivity contribution < 1.29 is 14.7 Å². The Morgan fingerprint density at radius 1 is 1.36 bits per heavy atom. The zero-order valence-electron chi connectivity index (χ0n) is 9.04. The minimum absolute atomic E-state index is 0.0382. The molecule has 0 fully saturated rings. The van der Waals surface area contributed by atoms with Crippen LogP contribution in [0.25, 0.3) is 0 Å². The van der Waals surface area contributed by atoms with Gasteiger partial charge in [-0.25, -0.2) is 0 Å². The molecule has 1 unspecified atom stereocenters. The molecule has 0 saturated carbocycles. The van der Waals surface area contributed by atoms with Crippen molar-refractivity contribution in [2.24, 2.45) is 5.92 Å². The van der Waals surface area contributed by atoms with Crippen LogP contribution in [0, 0.1) is 5.92 Å². The maximum atomic E-state index is 11.5. The van der Waals surface area contributed by atoms with Crippen molar-refractivity contribution in [3.8, 4) is 0 Å². The summed E-state index contributed by atoms with van der Waals surface area (Å²) in [6.45, 7) is 5.68. The van der Waals surface area contributed by atoms with Gasteiger partial charge in [0.05, 0.1) is 0 Å². The number of aliphatic carboxylic acids is 1. The molecule has 0 aromatic rings. The van der Waals surface area contributed by atoms with Crippen LogP contribution in [0.5, 0.6) is 0 Å². The molecular weight excluding hydrogens is 182 g/mol. The summed E-state index contributed by atoms with van der Waals surface area (Å²) in [5.74, 6) is -1.06. The van der Waals surface area contributed by atoms with Crippen molar-refractivity contribution in [1.82, 2.24) is 5.32 Å². The molecule has 0 saturated heterocycles. The second-order valence-corrected chi connectivity index (χ2v) is 3.70. The van der Waals surface area contributed by atoms with Gasteiger partial charge in [0.1, 0.15) is 0 Å². The van der Waals surface area contributed by atoms with Crippen LogP contribution in [-0.4, -0.2) is 23.0 Å². The molecule has 0 aliphatic carbocycles. The van der Waals surface area contributed by atoms with Crippen molar-refractivity contribution >= 4 is 11.9 Å². The van der Waals surface area contributed by atoms with Gasteiger partial charge in [-0.05, 0) is 26.7 Å². The Morgan fingerprint density at radius 3 is 2.29 bits per heavy atom. The number of carboxylic acid groups (broad SMARTS) is 1. The van der Waals surface area contributed by atoms with Gasteiger partial charge in [0.25, 0.3) is 0 Å². The van der Waals surface area contributed by atoms with Gasteiger partial charge in [-0.3, -0.25) is 9.59 Å². The molecule has 4 nitrogen and oxygen atoms in total. The van der Waals surface area contributed by atoms with Gasteiger partial charge < -0.3 is 10.4 Å². The van der Waals surface area contributed by atoms with Crippen molar-refractivity contribution in [2.75, 3.05) is 0 Å². The van der Waals surface area contributed by atoms with Gasteiger partial charge >= 0.3 is 5.97 Å². The largest absolute Gasteiger partial charge is 0.481 e. The van der Waals surface area contributed by atoms with E-state index in [1.807, 2.05) is 20.8 Å². The van der Waals surface area contributed by atoms with Gasteiger partial charge in [-0.1, -0.05) is 6.92 Å². The third kappa shape index (κ3) is 5.56. The van der Waals surface area contributed by atoms with Crippen LogP contribution in [0.15, 0.2) is 0 Å². The first-order valence-electron chi connectivity index (χ1n) is 4.99. The maximum absolute atomic E-state index is 11.5. The topological polar surface area (TPSA) is 66.4 Å². The minimum Gasteiger partial charge on any atom is -0.481 e.